The number of aromatic amines is 1. The summed E-state index contributed by atoms with van der Waals surface area (Å²) in [4.78, 5) is 15.2. The van der Waals surface area contributed by atoms with E-state index in [9.17, 15) is 4.79 Å². The molecule has 2 heterocycles. The first kappa shape index (κ1) is 9.43. The van der Waals surface area contributed by atoms with Crippen LogP contribution in [0.25, 0.3) is 10.8 Å². The molecule has 0 saturated heterocycles. The van der Waals surface area contributed by atoms with Gasteiger partial charge in [0.2, 0.25) is 0 Å². The first-order valence-electron chi connectivity index (χ1n) is 3.80. The number of pyridine rings is 1. The van der Waals surface area contributed by atoms with Crippen LogP contribution in [0, 0.1) is 6.92 Å². The molecule has 2 aromatic rings. The maximum absolute atomic E-state index is 11.4. The summed E-state index contributed by atoms with van der Waals surface area (Å²) in [6.45, 7) is 1.75. The van der Waals surface area contributed by atoms with Crippen molar-refractivity contribution in [1.82, 2.24) is 15.2 Å². The van der Waals surface area contributed by atoms with E-state index in [0.29, 0.717) is 16.5 Å². The van der Waals surface area contributed by atoms with Crippen LogP contribution in [0.3, 0.4) is 0 Å². The summed E-state index contributed by atoms with van der Waals surface area (Å²) in [6.07, 6.45) is 0. The van der Waals surface area contributed by atoms with E-state index in [1.807, 2.05) is 0 Å². The van der Waals surface area contributed by atoms with Crippen LogP contribution in [0.2, 0.25) is 10.3 Å². The third-order valence-electron chi connectivity index (χ3n) is 1.89. The molecule has 0 fully saturated rings. The number of hydrogen-bond donors (Lipinski definition) is 1. The molecule has 2 rings (SSSR count). The molecular weight excluding hydrogens is 225 g/mol. The van der Waals surface area contributed by atoms with Crippen molar-refractivity contribution < 1.29 is 0 Å². The Bertz CT molecular complexity index is 564. The van der Waals surface area contributed by atoms with Crippen molar-refractivity contribution in [2.24, 2.45) is 0 Å². The lowest BCUT2D eigenvalue weighted by molar-refractivity contribution is 0.968. The van der Waals surface area contributed by atoms with E-state index in [1.54, 1.807) is 13.0 Å². The second kappa shape index (κ2) is 3.22. The fraction of sp³-hybridized carbons (Fsp3) is 0.125. The van der Waals surface area contributed by atoms with Gasteiger partial charge in [0.25, 0.3) is 5.56 Å². The zero-order chi connectivity index (χ0) is 10.3. The highest BCUT2D eigenvalue weighted by atomic mass is 35.5. The Balaban J connectivity index is 3.08. The third-order valence-corrected chi connectivity index (χ3v) is 2.35. The Hall–Kier alpha value is -1.13. The number of H-pyrrole nitrogens is 1. The van der Waals surface area contributed by atoms with Gasteiger partial charge in [0.05, 0.1) is 11.1 Å². The molecule has 0 spiro atoms. The quantitative estimate of drug-likeness (QED) is 0.703. The maximum atomic E-state index is 11.4. The van der Waals surface area contributed by atoms with Gasteiger partial charge in [0.15, 0.2) is 0 Å². The maximum Gasteiger partial charge on any atom is 0.275 e. The van der Waals surface area contributed by atoms with Crippen LogP contribution < -0.4 is 5.56 Å². The van der Waals surface area contributed by atoms with Gasteiger partial charge in [-0.3, -0.25) is 4.79 Å². The Kier molecular flexibility index (Phi) is 2.17. The molecule has 14 heavy (non-hydrogen) atoms. The fourth-order valence-electron chi connectivity index (χ4n) is 1.24. The van der Waals surface area contributed by atoms with Gasteiger partial charge >= 0.3 is 0 Å². The molecule has 0 bridgehead atoms. The van der Waals surface area contributed by atoms with E-state index in [-0.39, 0.29) is 15.9 Å². The van der Waals surface area contributed by atoms with Gasteiger partial charge in [0, 0.05) is 5.39 Å². The van der Waals surface area contributed by atoms with Crippen LogP contribution in [0.4, 0.5) is 0 Å². The number of aryl methyl sites for hydroxylation is 1. The summed E-state index contributed by atoms with van der Waals surface area (Å²) in [6, 6.07) is 1.57. The molecule has 0 aliphatic rings. The summed E-state index contributed by atoms with van der Waals surface area (Å²) < 4.78 is 0. The van der Waals surface area contributed by atoms with Gasteiger partial charge in [-0.05, 0) is 13.0 Å². The number of rotatable bonds is 0. The highest BCUT2D eigenvalue weighted by Crippen LogP contribution is 2.22. The topological polar surface area (TPSA) is 58.6 Å². The summed E-state index contributed by atoms with van der Waals surface area (Å²) in [7, 11) is 0. The molecule has 2 aromatic heterocycles. The smallest absolute Gasteiger partial charge is 0.267 e. The number of nitrogens with one attached hydrogen (secondary N) is 1. The summed E-state index contributed by atoms with van der Waals surface area (Å²) in [5, 5.41) is 7.43. The van der Waals surface area contributed by atoms with Gasteiger partial charge in [-0.25, -0.2) is 10.1 Å². The molecule has 0 radical (unpaired) electrons. The van der Waals surface area contributed by atoms with Crippen LogP contribution in [0.5, 0.6) is 0 Å². The molecule has 72 valence electrons. The number of fused-ring (bicyclic) bond motifs is 1. The van der Waals surface area contributed by atoms with Crippen molar-refractivity contribution in [3.05, 3.63) is 32.4 Å². The van der Waals surface area contributed by atoms with Gasteiger partial charge in [0.1, 0.15) is 10.3 Å². The Morgan fingerprint density at radius 2 is 2.14 bits per heavy atom. The summed E-state index contributed by atoms with van der Waals surface area (Å²) >= 11 is 11.5. The van der Waals surface area contributed by atoms with Gasteiger partial charge < -0.3 is 0 Å². The molecule has 1 N–H and O–H groups in total. The average Bonchev–Trinajstić information content (AvgIpc) is 2.10. The number of halogens is 2. The molecule has 0 saturated carbocycles. The highest BCUT2D eigenvalue weighted by molar-refractivity contribution is 6.36. The summed E-state index contributed by atoms with van der Waals surface area (Å²) in [5.74, 6) is 0. The third kappa shape index (κ3) is 1.36. The van der Waals surface area contributed by atoms with Crippen molar-refractivity contribution in [2.45, 2.75) is 6.92 Å². The largest absolute Gasteiger partial charge is 0.275 e. The van der Waals surface area contributed by atoms with E-state index in [1.165, 1.54) is 0 Å². The van der Waals surface area contributed by atoms with Crippen molar-refractivity contribution in [3.63, 3.8) is 0 Å². The Morgan fingerprint density at radius 1 is 1.43 bits per heavy atom. The predicted molar refractivity (Wildman–Crippen MR) is 54.9 cm³/mol. The molecule has 0 unspecified atom stereocenters. The number of nitrogens with zero attached hydrogens (tertiary/aromatic N) is 2. The molecule has 4 nitrogen and oxygen atoms in total. The van der Waals surface area contributed by atoms with E-state index >= 15 is 0 Å². The molecular formula is C8H5Cl2N3O. The number of aromatic nitrogens is 3. The Morgan fingerprint density at radius 3 is 2.86 bits per heavy atom. The van der Waals surface area contributed by atoms with Crippen LogP contribution in [-0.2, 0) is 0 Å². The Labute approximate surface area is 88.9 Å². The fourth-order valence-corrected chi connectivity index (χ4v) is 1.75. The second-order valence-corrected chi connectivity index (χ2v) is 3.54. The normalized spacial score (nSPS) is 10.8. The van der Waals surface area contributed by atoms with E-state index < -0.39 is 0 Å². The van der Waals surface area contributed by atoms with Crippen molar-refractivity contribution in [1.29, 1.82) is 0 Å². The van der Waals surface area contributed by atoms with Crippen LogP contribution in [-0.4, -0.2) is 15.2 Å². The molecule has 0 aliphatic heterocycles. The van der Waals surface area contributed by atoms with E-state index in [0.717, 1.165) is 0 Å². The molecule has 0 amide bonds. The van der Waals surface area contributed by atoms with Crippen LogP contribution >= 0.6 is 23.2 Å². The lowest BCUT2D eigenvalue weighted by Gasteiger charge is -2.01. The second-order valence-electron chi connectivity index (χ2n) is 2.80. The minimum Gasteiger partial charge on any atom is -0.267 e. The first-order valence-corrected chi connectivity index (χ1v) is 4.56. The zero-order valence-electron chi connectivity index (χ0n) is 7.14. The van der Waals surface area contributed by atoms with Crippen LogP contribution in [0.15, 0.2) is 10.9 Å². The minimum atomic E-state index is -0.361. The van der Waals surface area contributed by atoms with Gasteiger partial charge in [-0.1, -0.05) is 23.2 Å². The SMILES string of the molecule is Cc1n[nH]c(=O)c2c(Cl)nc(Cl)cc12. The van der Waals surface area contributed by atoms with Crippen LogP contribution in [0.1, 0.15) is 5.69 Å². The van der Waals surface area contributed by atoms with E-state index in [2.05, 4.69) is 15.2 Å². The summed E-state index contributed by atoms with van der Waals surface area (Å²) in [5.41, 5.74) is 0.297. The predicted octanol–water partition coefficient (Wildman–Crippen LogP) is 1.93. The van der Waals surface area contributed by atoms with Crippen molar-refractivity contribution >= 4 is 34.0 Å². The molecule has 0 aliphatic carbocycles. The van der Waals surface area contributed by atoms with Gasteiger partial charge in [-0.15, -0.1) is 0 Å². The van der Waals surface area contributed by atoms with E-state index in [4.69, 9.17) is 23.2 Å². The molecule has 0 atom stereocenters. The van der Waals surface area contributed by atoms with Crippen molar-refractivity contribution in [2.75, 3.05) is 0 Å². The minimum absolute atomic E-state index is 0.0965. The molecule has 6 heteroatoms. The lowest BCUT2D eigenvalue weighted by atomic mass is 10.2. The zero-order valence-corrected chi connectivity index (χ0v) is 8.65. The van der Waals surface area contributed by atoms with Gasteiger partial charge in [-0.2, -0.15) is 5.10 Å². The standard InChI is InChI=1S/C8H5Cl2N3O/c1-3-4-2-5(9)11-7(10)6(4)8(14)13-12-3/h2H,1H3,(H,13,14). The average molecular weight is 230 g/mol. The highest BCUT2D eigenvalue weighted by Gasteiger charge is 2.09. The first-order chi connectivity index (χ1) is 6.59. The molecule has 0 aromatic carbocycles. The van der Waals surface area contributed by atoms with Crippen molar-refractivity contribution in [3.8, 4) is 0 Å². The number of hydrogen-bond acceptors (Lipinski definition) is 3. The monoisotopic (exact) mass is 229 g/mol. The lowest BCUT2D eigenvalue weighted by Crippen LogP contribution is -2.10.